The minimum absolute atomic E-state index is 0.516. The molecule has 0 amide bonds. The van der Waals surface area contributed by atoms with Gasteiger partial charge in [0.05, 0.1) is 0 Å². The zero-order valence-electron chi connectivity index (χ0n) is 16.9. The monoisotopic (exact) mass is 350 g/mol. The Morgan fingerprint density at radius 3 is 1.56 bits per heavy atom. The van der Waals surface area contributed by atoms with E-state index >= 15 is 0 Å². The lowest BCUT2D eigenvalue weighted by Crippen LogP contribution is -1.98. The average molecular weight is 351 g/mol. The van der Waals surface area contributed by atoms with Crippen molar-refractivity contribution >= 4 is 43.1 Å². The van der Waals surface area contributed by atoms with Crippen molar-refractivity contribution in [1.82, 2.24) is 0 Å². The van der Waals surface area contributed by atoms with Gasteiger partial charge in [-0.2, -0.15) is 0 Å². The second-order valence-electron chi connectivity index (χ2n) is 8.62. The predicted molar refractivity (Wildman–Crippen MR) is 121 cm³/mol. The molecule has 0 atom stereocenters. The van der Waals surface area contributed by atoms with Crippen LogP contribution in [0.25, 0.3) is 43.1 Å². The smallest absolute Gasteiger partial charge is 0.00206 e. The van der Waals surface area contributed by atoms with Gasteiger partial charge in [-0.15, -0.1) is 0 Å². The quantitative estimate of drug-likeness (QED) is 0.222. The number of hydrogen-bond donors (Lipinski definition) is 0. The van der Waals surface area contributed by atoms with Crippen LogP contribution in [0.2, 0.25) is 0 Å². The van der Waals surface area contributed by atoms with Crippen LogP contribution in [-0.2, 0) is 0 Å². The molecule has 0 unspecified atom stereocenters. The van der Waals surface area contributed by atoms with Gasteiger partial charge in [-0.25, -0.2) is 0 Å². The Morgan fingerprint density at radius 1 is 0.481 bits per heavy atom. The van der Waals surface area contributed by atoms with E-state index in [4.69, 9.17) is 0 Å². The molecule has 0 aliphatic rings. The van der Waals surface area contributed by atoms with Gasteiger partial charge in [0, 0.05) is 0 Å². The molecule has 0 aromatic heterocycles. The molecule has 5 aromatic carbocycles. The van der Waals surface area contributed by atoms with Crippen molar-refractivity contribution in [3.63, 3.8) is 0 Å². The van der Waals surface area contributed by atoms with E-state index in [1.807, 2.05) is 0 Å². The molecule has 0 saturated carbocycles. The molecule has 0 spiro atoms. The van der Waals surface area contributed by atoms with Crippen LogP contribution >= 0.6 is 0 Å². The summed E-state index contributed by atoms with van der Waals surface area (Å²) in [5, 5.41) is 11.3. The lowest BCUT2D eigenvalue weighted by molar-refractivity contribution is 0.855. The van der Waals surface area contributed by atoms with E-state index in [-0.39, 0.29) is 0 Å². The molecule has 5 aromatic rings. The molecule has 0 fully saturated rings. The summed E-state index contributed by atoms with van der Waals surface area (Å²) in [6, 6.07) is 20.9. The molecule has 0 N–H and O–H groups in total. The number of hydrogen-bond acceptors (Lipinski definition) is 0. The van der Waals surface area contributed by atoms with Crippen LogP contribution in [0.15, 0.2) is 54.6 Å². The molecule has 5 rings (SSSR count). The van der Waals surface area contributed by atoms with E-state index in [1.165, 1.54) is 59.8 Å². The average Bonchev–Trinajstić information content (AvgIpc) is 2.66. The van der Waals surface area contributed by atoms with Crippen LogP contribution in [0.1, 0.15) is 56.2 Å². The maximum absolute atomic E-state index is 2.37. The first-order valence-electron chi connectivity index (χ1n) is 10.1. The highest BCUT2D eigenvalue weighted by atomic mass is 14.2. The summed E-state index contributed by atoms with van der Waals surface area (Å²) in [7, 11) is 0. The maximum atomic E-state index is 2.37. The first-order valence-corrected chi connectivity index (χ1v) is 10.1. The Balaban J connectivity index is 2.16. The van der Waals surface area contributed by atoms with Crippen LogP contribution < -0.4 is 0 Å². The predicted octanol–water partition coefficient (Wildman–Crippen LogP) is 8.29. The van der Waals surface area contributed by atoms with Crippen LogP contribution in [-0.4, -0.2) is 0 Å². The highest BCUT2D eigenvalue weighted by Gasteiger charge is 2.19. The third kappa shape index (κ3) is 2.16. The van der Waals surface area contributed by atoms with Gasteiger partial charge in [0.1, 0.15) is 0 Å². The summed E-state index contributed by atoms with van der Waals surface area (Å²) in [5.74, 6) is 1.03. The topological polar surface area (TPSA) is 0 Å². The van der Waals surface area contributed by atoms with Crippen LogP contribution in [0.3, 0.4) is 0 Å². The van der Waals surface area contributed by atoms with Crippen molar-refractivity contribution in [3.05, 3.63) is 71.3 Å². The third-order valence-corrected chi connectivity index (χ3v) is 6.31. The Hall–Kier alpha value is -2.60. The Kier molecular flexibility index (Phi) is 3.49. The lowest BCUT2D eigenvalue weighted by atomic mass is 9.82. The number of aryl methyl sites for hydroxylation is 1. The van der Waals surface area contributed by atoms with E-state index in [0.29, 0.717) is 11.8 Å². The van der Waals surface area contributed by atoms with Crippen molar-refractivity contribution in [2.24, 2.45) is 0 Å². The number of rotatable bonds is 2. The minimum Gasteiger partial charge on any atom is -0.0610 e. The number of fused-ring (bicyclic) bond motifs is 2. The first kappa shape index (κ1) is 16.6. The van der Waals surface area contributed by atoms with Crippen molar-refractivity contribution in [2.75, 3.05) is 0 Å². The summed E-state index contributed by atoms with van der Waals surface area (Å²) >= 11 is 0. The fraction of sp³-hybridized carbons (Fsp3) is 0.259. The summed E-state index contributed by atoms with van der Waals surface area (Å²) in [6.07, 6.45) is 0. The van der Waals surface area contributed by atoms with Gasteiger partial charge >= 0.3 is 0 Å². The molecule has 0 radical (unpaired) electrons. The lowest BCUT2D eigenvalue weighted by Gasteiger charge is -2.22. The van der Waals surface area contributed by atoms with Gasteiger partial charge in [-0.05, 0) is 78.5 Å². The fourth-order valence-electron chi connectivity index (χ4n) is 4.96. The summed E-state index contributed by atoms with van der Waals surface area (Å²) < 4.78 is 0. The highest BCUT2D eigenvalue weighted by molar-refractivity contribution is 6.33. The molecular formula is C27H26. The molecule has 0 heterocycles. The Bertz CT molecular complexity index is 1260. The van der Waals surface area contributed by atoms with Gasteiger partial charge in [0.25, 0.3) is 0 Å². The highest BCUT2D eigenvalue weighted by Crippen LogP contribution is 2.44. The molecular weight excluding hydrogens is 324 g/mol. The van der Waals surface area contributed by atoms with Crippen LogP contribution in [0.4, 0.5) is 0 Å². The van der Waals surface area contributed by atoms with Crippen LogP contribution in [0.5, 0.6) is 0 Å². The van der Waals surface area contributed by atoms with Gasteiger partial charge in [-0.3, -0.25) is 0 Å². The molecule has 0 heteroatoms. The van der Waals surface area contributed by atoms with E-state index in [0.717, 1.165) is 0 Å². The van der Waals surface area contributed by atoms with E-state index < -0.39 is 0 Å². The van der Waals surface area contributed by atoms with Gasteiger partial charge in [-0.1, -0.05) is 82.3 Å². The van der Waals surface area contributed by atoms with Gasteiger partial charge in [0.15, 0.2) is 0 Å². The third-order valence-electron chi connectivity index (χ3n) is 6.31. The molecule has 0 bridgehead atoms. The van der Waals surface area contributed by atoms with Crippen molar-refractivity contribution < 1.29 is 0 Å². The molecule has 0 nitrogen and oxygen atoms in total. The second kappa shape index (κ2) is 5.70. The second-order valence-corrected chi connectivity index (χ2v) is 8.62. The maximum Gasteiger partial charge on any atom is -0.00206 e. The van der Waals surface area contributed by atoms with Gasteiger partial charge < -0.3 is 0 Å². The zero-order chi connectivity index (χ0) is 18.9. The van der Waals surface area contributed by atoms with E-state index in [1.54, 1.807) is 0 Å². The fourth-order valence-corrected chi connectivity index (χ4v) is 4.96. The summed E-state index contributed by atoms with van der Waals surface area (Å²) in [4.78, 5) is 0. The minimum atomic E-state index is 0.516. The van der Waals surface area contributed by atoms with Crippen molar-refractivity contribution in [1.29, 1.82) is 0 Å². The van der Waals surface area contributed by atoms with Crippen molar-refractivity contribution in [3.8, 4) is 0 Å². The van der Waals surface area contributed by atoms with Gasteiger partial charge in [0.2, 0.25) is 0 Å². The van der Waals surface area contributed by atoms with E-state index in [2.05, 4.69) is 89.2 Å². The summed E-state index contributed by atoms with van der Waals surface area (Å²) in [5.41, 5.74) is 4.30. The molecule has 134 valence electrons. The molecule has 0 saturated heterocycles. The number of benzene rings is 5. The Morgan fingerprint density at radius 2 is 0.963 bits per heavy atom. The SMILES string of the molecule is Cc1ccc2c3ccc(C(C)C)c4c(C(C)C)ccc(c5cccc1c52)c43. The summed E-state index contributed by atoms with van der Waals surface area (Å²) in [6.45, 7) is 11.5. The normalized spacial score (nSPS) is 12.6. The standard InChI is InChI=1S/C27H26/c1-15(2)18-11-13-23-21-8-6-7-20-17(5)9-10-22(25(20)21)24-14-12-19(16(3)4)26(18)27(23)24/h6-16H,1-5H3. The largest absolute Gasteiger partial charge is 0.0610 e. The zero-order valence-corrected chi connectivity index (χ0v) is 16.9. The Labute approximate surface area is 161 Å². The van der Waals surface area contributed by atoms with Crippen LogP contribution in [0, 0.1) is 6.92 Å². The first-order chi connectivity index (χ1) is 13.0. The molecule has 0 aliphatic heterocycles. The van der Waals surface area contributed by atoms with Crippen molar-refractivity contribution in [2.45, 2.75) is 46.5 Å². The molecule has 0 aliphatic carbocycles. The molecule has 27 heavy (non-hydrogen) atoms. The van der Waals surface area contributed by atoms with E-state index in [9.17, 15) is 0 Å².